The van der Waals surface area contributed by atoms with Gasteiger partial charge in [0, 0.05) is 12.1 Å². The first-order chi connectivity index (χ1) is 6.20. The van der Waals surface area contributed by atoms with Crippen LogP contribution in [0.25, 0.3) is 0 Å². The molecule has 1 aromatic rings. The van der Waals surface area contributed by atoms with Gasteiger partial charge >= 0.3 is 0 Å². The van der Waals surface area contributed by atoms with Crippen molar-refractivity contribution in [2.45, 2.75) is 12.8 Å². The molecular weight excluding hydrogens is 205 g/mol. The van der Waals surface area contributed by atoms with Crippen molar-refractivity contribution in [2.75, 3.05) is 6.54 Å². The molecule has 6 heteroatoms. The van der Waals surface area contributed by atoms with E-state index in [4.69, 9.17) is 12.2 Å². The van der Waals surface area contributed by atoms with Gasteiger partial charge in [0.25, 0.3) is 5.91 Å². The second-order valence-electron chi connectivity index (χ2n) is 3.00. The van der Waals surface area contributed by atoms with Crippen LogP contribution < -0.4 is 5.32 Å². The third kappa shape index (κ3) is 1.42. The number of hydrogen-bond acceptors (Lipinski definition) is 2. The number of aromatic amines is 1. The van der Waals surface area contributed by atoms with Crippen molar-refractivity contribution in [3.63, 3.8) is 0 Å². The largest absolute Gasteiger partial charge is 0.351 e. The molecule has 0 radical (unpaired) electrons. The molecule has 0 spiro atoms. The number of fused-ring (bicyclic) bond motifs is 1. The fourth-order valence-electron chi connectivity index (χ4n) is 1.51. The highest BCUT2D eigenvalue weighted by atomic mass is 32.1. The topological polar surface area (TPSA) is 49.8 Å². The molecular formula is C7H10N3OPS. The number of nitrogens with zero attached hydrogens (tertiary/aromatic N) is 1. The number of carbonyl (C=O) groups is 1. The lowest BCUT2D eigenvalue weighted by Gasteiger charge is -2.00. The molecule has 0 saturated heterocycles. The van der Waals surface area contributed by atoms with Crippen LogP contribution in [0.3, 0.4) is 0 Å². The fraction of sp³-hybridized carbons (Fsp3) is 0.429. The lowest BCUT2D eigenvalue weighted by atomic mass is 10.1. The average Bonchev–Trinajstić information content (AvgIpc) is 2.28. The van der Waals surface area contributed by atoms with Gasteiger partial charge in [-0.3, -0.25) is 14.3 Å². The first-order valence-electron chi connectivity index (χ1n) is 4.07. The van der Waals surface area contributed by atoms with Crippen molar-refractivity contribution in [2.24, 2.45) is 0 Å². The molecule has 13 heavy (non-hydrogen) atoms. The van der Waals surface area contributed by atoms with E-state index in [0.717, 1.165) is 24.9 Å². The molecule has 4 nitrogen and oxygen atoms in total. The molecule has 1 unspecified atom stereocenters. The van der Waals surface area contributed by atoms with Gasteiger partial charge in [-0.1, -0.05) is 12.2 Å². The molecule has 2 heterocycles. The summed E-state index contributed by atoms with van der Waals surface area (Å²) >= 11 is 5.10. The maximum Gasteiger partial charge on any atom is 0.270 e. The minimum atomic E-state index is -0.0464. The zero-order valence-electron chi connectivity index (χ0n) is 6.96. The van der Waals surface area contributed by atoms with Crippen LogP contribution in [0.5, 0.6) is 0 Å². The number of carbonyl (C=O) groups excluding carboxylic acids is 1. The normalized spacial score (nSPS) is 16.2. The number of hydrogen-bond donors (Lipinski definition) is 2. The molecule has 70 valence electrons. The minimum Gasteiger partial charge on any atom is -0.351 e. The predicted octanol–water partition coefficient (Wildman–Crippen LogP) is 0.860. The van der Waals surface area contributed by atoms with Crippen molar-refractivity contribution in [1.29, 1.82) is 0 Å². The van der Waals surface area contributed by atoms with Crippen molar-refractivity contribution in [3.05, 3.63) is 15.9 Å². The Balaban J connectivity index is 2.63. The molecule has 1 amide bonds. The highest BCUT2D eigenvalue weighted by molar-refractivity contribution is 7.71. The smallest absolute Gasteiger partial charge is 0.270 e. The van der Waals surface area contributed by atoms with Gasteiger partial charge in [-0.15, -0.1) is 0 Å². The van der Waals surface area contributed by atoms with E-state index in [0.29, 0.717) is 10.3 Å². The van der Waals surface area contributed by atoms with Gasteiger partial charge in [0.05, 0.1) is 0 Å². The average molecular weight is 215 g/mol. The van der Waals surface area contributed by atoms with Crippen LogP contribution in [0.4, 0.5) is 0 Å². The highest BCUT2D eigenvalue weighted by Crippen LogP contribution is 2.17. The lowest BCUT2D eigenvalue weighted by Crippen LogP contribution is -2.24. The van der Waals surface area contributed by atoms with E-state index in [1.807, 2.05) is 0 Å². The first kappa shape index (κ1) is 8.91. The van der Waals surface area contributed by atoms with Crippen molar-refractivity contribution >= 4 is 27.5 Å². The Bertz CT molecular complexity index is 408. The standard InChI is InChI=1S/C7H10N3OPS/c11-6-5-4(2-1-3-8-6)7(13)9-10(5)12/h1-3,12H2,(H,8,11)(H,9,13). The zero-order valence-corrected chi connectivity index (χ0v) is 8.93. The van der Waals surface area contributed by atoms with Crippen LogP contribution in [-0.4, -0.2) is 22.0 Å². The van der Waals surface area contributed by atoms with Crippen molar-refractivity contribution in [3.8, 4) is 0 Å². The van der Waals surface area contributed by atoms with E-state index in [2.05, 4.69) is 19.8 Å². The molecule has 1 aromatic heterocycles. The summed E-state index contributed by atoms with van der Waals surface area (Å²) in [5, 5.41) is 5.73. The fourth-order valence-corrected chi connectivity index (χ4v) is 2.31. The Morgan fingerprint density at radius 3 is 3.08 bits per heavy atom. The second kappa shape index (κ2) is 3.24. The summed E-state index contributed by atoms with van der Waals surface area (Å²) < 4.78 is 2.28. The molecule has 0 aliphatic carbocycles. The molecule has 0 aromatic carbocycles. The number of rotatable bonds is 0. The Hall–Kier alpha value is -0.670. The van der Waals surface area contributed by atoms with Gasteiger partial charge in [0.1, 0.15) is 10.3 Å². The van der Waals surface area contributed by atoms with Gasteiger partial charge in [-0.05, 0) is 22.2 Å². The van der Waals surface area contributed by atoms with Gasteiger partial charge in [-0.2, -0.15) is 0 Å². The summed E-state index contributed by atoms with van der Waals surface area (Å²) in [6, 6.07) is 0. The van der Waals surface area contributed by atoms with Crippen LogP contribution in [0, 0.1) is 4.64 Å². The molecule has 0 bridgehead atoms. The minimum absolute atomic E-state index is 0.0464. The van der Waals surface area contributed by atoms with Gasteiger partial charge in [0.15, 0.2) is 0 Å². The summed E-state index contributed by atoms with van der Waals surface area (Å²) in [6.07, 6.45) is 1.82. The molecule has 2 N–H and O–H groups in total. The molecule has 0 saturated carbocycles. The second-order valence-corrected chi connectivity index (χ2v) is 3.92. The monoisotopic (exact) mass is 215 g/mol. The number of H-pyrrole nitrogens is 1. The summed E-state index contributed by atoms with van der Waals surface area (Å²) in [5.41, 5.74) is 1.60. The van der Waals surface area contributed by atoms with E-state index in [1.54, 1.807) is 4.45 Å². The van der Waals surface area contributed by atoms with E-state index < -0.39 is 0 Å². The highest BCUT2D eigenvalue weighted by Gasteiger charge is 2.20. The Morgan fingerprint density at radius 1 is 1.54 bits per heavy atom. The number of amides is 1. The van der Waals surface area contributed by atoms with Gasteiger partial charge in [0.2, 0.25) is 0 Å². The van der Waals surface area contributed by atoms with E-state index in [1.165, 1.54) is 0 Å². The van der Waals surface area contributed by atoms with E-state index in [-0.39, 0.29) is 5.91 Å². The van der Waals surface area contributed by atoms with Gasteiger partial charge in [-0.25, -0.2) is 0 Å². The maximum atomic E-state index is 11.5. The first-order valence-corrected chi connectivity index (χ1v) is 5.00. The summed E-state index contributed by atoms with van der Waals surface area (Å²) in [5.74, 6) is -0.0464. The van der Waals surface area contributed by atoms with Crippen LogP contribution in [0.2, 0.25) is 0 Å². The number of aromatic nitrogens is 2. The molecule has 0 fully saturated rings. The summed E-state index contributed by atoms with van der Waals surface area (Å²) in [6.45, 7) is 0.729. The van der Waals surface area contributed by atoms with Crippen LogP contribution >= 0.6 is 21.6 Å². The zero-order chi connectivity index (χ0) is 9.42. The summed E-state index contributed by atoms with van der Waals surface area (Å²) in [4.78, 5) is 11.5. The third-order valence-corrected chi connectivity index (χ3v) is 2.85. The van der Waals surface area contributed by atoms with Crippen molar-refractivity contribution in [1.82, 2.24) is 14.9 Å². The van der Waals surface area contributed by atoms with Crippen LogP contribution in [0.1, 0.15) is 22.5 Å². The quantitative estimate of drug-likeness (QED) is 0.498. The van der Waals surface area contributed by atoms with Crippen LogP contribution in [0.15, 0.2) is 0 Å². The SMILES string of the molecule is O=C1NCCCc2c1n(P)[nH]c2=S. The lowest BCUT2D eigenvalue weighted by molar-refractivity contribution is 0.0950. The van der Waals surface area contributed by atoms with E-state index in [9.17, 15) is 4.79 Å². The maximum absolute atomic E-state index is 11.5. The Labute approximate surface area is 82.9 Å². The molecule has 1 aliphatic heterocycles. The predicted molar refractivity (Wildman–Crippen MR) is 55.4 cm³/mol. The van der Waals surface area contributed by atoms with Crippen molar-refractivity contribution < 1.29 is 4.79 Å². The Kier molecular flexibility index (Phi) is 2.22. The number of nitrogens with one attached hydrogen (secondary N) is 2. The molecule has 2 rings (SSSR count). The summed E-state index contributed by atoms with van der Waals surface area (Å²) in [7, 11) is 2.43. The van der Waals surface area contributed by atoms with E-state index >= 15 is 0 Å². The molecule has 1 aliphatic rings. The third-order valence-electron chi connectivity index (χ3n) is 2.13. The Morgan fingerprint density at radius 2 is 2.31 bits per heavy atom. The van der Waals surface area contributed by atoms with Crippen LogP contribution in [-0.2, 0) is 6.42 Å². The molecule has 1 atom stereocenters. The van der Waals surface area contributed by atoms with Gasteiger partial charge < -0.3 is 5.32 Å².